The van der Waals surface area contributed by atoms with Crippen molar-refractivity contribution in [1.29, 1.82) is 0 Å². The molecule has 0 unspecified atom stereocenters. The van der Waals surface area contributed by atoms with E-state index >= 15 is 0 Å². The first-order chi connectivity index (χ1) is 12.0. The molecule has 0 bridgehead atoms. The molecule has 2 rings (SSSR count). The van der Waals surface area contributed by atoms with Gasteiger partial charge in [-0.2, -0.15) is 5.10 Å². The zero-order valence-corrected chi connectivity index (χ0v) is 13.7. The lowest BCUT2D eigenvalue weighted by Crippen LogP contribution is -2.26. The Hall–Kier alpha value is -3.35. The number of carbonyl (C=O) groups is 2. The number of nitrogens with one attached hydrogen (secondary N) is 2. The number of nitrogens with zero attached hydrogens (tertiary/aromatic N) is 1. The number of carbonyl (C=O) groups excluding carboxylic acids is 2. The first kappa shape index (κ1) is 18.0. The van der Waals surface area contributed by atoms with Crippen LogP contribution >= 0.6 is 0 Å². The van der Waals surface area contributed by atoms with Crippen molar-refractivity contribution >= 4 is 17.5 Å². The van der Waals surface area contributed by atoms with Gasteiger partial charge in [-0.25, -0.2) is 5.43 Å². The molecule has 0 saturated carbocycles. The zero-order chi connectivity index (χ0) is 18.2. The number of phenolic OH excluding ortho intramolecular Hbond substituents is 2. The van der Waals surface area contributed by atoms with Gasteiger partial charge in [0, 0.05) is 18.3 Å². The van der Waals surface area contributed by atoms with E-state index in [0.717, 1.165) is 11.6 Å². The van der Waals surface area contributed by atoms with Gasteiger partial charge in [-0.1, -0.05) is 30.3 Å². The average Bonchev–Trinajstić information content (AvgIpc) is 2.59. The van der Waals surface area contributed by atoms with E-state index in [1.807, 2.05) is 30.3 Å². The molecule has 130 valence electrons. The Morgan fingerprint density at radius 2 is 1.80 bits per heavy atom. The second-order valence-corrected chi connectivity index (χ2v) is 5.43. The predicted molar refractivity (Wildman–Crippen MR) is 93.3 cm³/mol. The number of aromatic hydroxyl groups is 2. The van der Waals surface area contributed by atoms with Crippen LogP contribution < -0.4 is 10.7 Å². The van der Waals surface area contributed by atoms with E-state index in [1.165, 1.54) is 12.1 Å². The highest BCUT2D eigenvalue weighted by Gasteiger charge is 2.11. The van der Waals surface area contributed by atoms with Crippen molar-refractivity contribution in [1.82, 2.24) is 10.7 Å². The molecule has 7 heteroatoms. The van der Waals surface area contributed by atoms with Crippen molar-refractivity contribution in [2.75, 3.05) is 0 Å². The van der Waals surface area contributed by atoms with Gasteiger partial charge in [0.1, 0.15) is 11.5 Å². The Morgan fingerprint density at radius 3 is 2.48 bits per heavy atom. The third kappa shape index (κ3) is 5.65. The largest absolute Gasteiger partial charge is 0.508 e. The maximum Gasteiger partial charge on any atom is 0.275 e. The van der Waals surface area contributed by atoms with Gasteiger partial charge in [-0.15, -0.1) is 0 Å². The molecule has 7 nitrogen and oxygen atoms in total. The third-order valence-corrected chi connectivity index (χ3v) is 3.32. The van der Waals surface area contributed by atoms with Crippen molar-refractivity contribution in [2.45, 2.75) is 19.9 Å². The van der Waals surface area contributed by atoms with E-state index in [-0.39, 0.29) is 29.4 Å². The van der Waals surface area contributed by atoms with Crippen LogP contribution in [-0.4, -0.2) is 27.7 Å². The number of hydrazone groups is 1. The lowest BCUT2D eigenvalue weighted by atomic mass is 10.2. The third-order valence-electron chi connectivity index (χ3n) is 3.32. The van der Waals surface area contributed by atoms with Crippen LogP contribution in [0.15, 0.2) is 53.6 Å². The van der Waals surface area contributed by atoms with Crippen LogP contribution in [0.2, 0.25) is 0 Å². The molecule has 0 atom stereocenters. The van der Waals surface area contributed by atoms with Crippen LogP contribution in [0.4, 0.5) is 0 Å². The van der Waals surface area contributed by atoms with Gasteiger partial charge >= 0.3 is 0 Å². The summed E-state index contributed by atoms with van der Waals surface area (Å²) in [6, 6.07) is 13.1. The summed E-state index contributed by atoms with van der Waals surface area (Å²) in [5, 5.41) is 25.4. The fourth-order valence-electron chi connectivity index (χ4n) is 2.05. The SMILES string of the molecule is C/C(CC(=O)NCc1ccccc1)=N\NC(=O)c1ccc(O)cc1O. The Kier molecular flexibility index (Phi) is 6.11. The van der Waals surface area contributed by atoms with E-state index < -0.39 is 5.91 Å². The predicted octanol–water partition coefficient (Wildman–Crippen LogP) is 1.91. The molecule has 2 aromatic carbocycles. The summed E-state index contributed by atoms with van der Waals surface area (Å²) in [5.74, 6) is -1.36. The quantitative estimate of drug-likeness (QED) is 0.475. The summed E-state index contributed by atoms with van der Waals surface area (Å²) in [7, 11) is 0. The number of benzene rings is 2. The maximum atomic E-state index is 11.9. The topological polar surface area (TPSA) is 111 Å². The summed E-state index contributed by atoms with van der Waals surface area (Å²) < 4.78 is 0. The van der Waals surface area contributed by atoms with Crippen molar-refractivity contribution in [3.05, 3.63) is 59.7 Å². The molecular formula is C18H19N3O4. The minimum Gasteiger partial charge on any atom is -0.508 e. The van der Waals surface area contributed by atoms with Crippen molar-refractivity contribution in [3.63, 3.8) is 0 Å². The van der Waals surface area contributed by atoms with E-state index in [1.54, 1.807) is 6.92 Å². The maximum absolute atomic E-state index is 11.9. The normalized spacial score (nSPS) is 11.0. The van der Waals surface area contributed by atoms with E-state index in [4.69, 9.17) is 0 Å². The molecule has 0 spiro atoms. The molecule has 0 aromatic heterocycles. The van der Waals surface area contributed by atoms with Crippen molar-refractivity contribution in [3.8, 4) is 11.5 Å². The second-order valence-electron chi connectivity index (χ2n) is 5.43. The van der Waals surface area contributed by atoms with Gasteiger partial charge in [-0.05, 0) is 24.6 Å². The molecule has 0 aliphatic heterocycles. The second kappa shape index (κ2) is 8.49. The molecule has 0 aliphatic rings. The van der Waals surface area contributed by atoms with Gasteiger partial charge in [-0.3, -0.25) is 9.59 Å². The molecule has 0 saturated heterocycles. The minimum absolute atomic E-state index is 0.0251. The summed E-state index contributed by atoms with van der Waals surface area (Å²) in [5.41, 5.74) is 3.64. The van der Waals surface area contributed by atoms with Crippen LogP contribution in [0.1, 0.15) is 29.3 Å². The van der Waals surface area contributed by atoms with Crippen LogP contribution in [0.5, 0.6) is 11.5 Å². The molecule has 0 heterocycles. The van der Waals surface area contributed by atoms with Crippen LogP contribution in [0.25, 0.3) is 0 Å². The number of hydrogen-bond donors (Lipinski definition) is 4. The number of rotatable bonds is 6. The van der Waals surface area contributed by atoms with Gasteiger partial charge in [0.2, 0.25) is 5.91 Å². The minimum atomic E-state index is -0.637. The molecule has 0 fully saturated rings. The van der Waals surface area contributed by atoms with Crippen LogP contribution in [0.3, 0.4) is 0 Å². The molecule has 0 aliphatic carbocycles. The first-order valence-electron chi connectivity index (χ1n) is 7.62. The Labute approximate surface area is 145 Å². The molecular weight excluding hydrogens is 322 g/mol. The van der Waals surface area contributed by atoms with Gasteiger partial charge in [0.25, 0.3) is 5.91 Å². The van der Waals surface area contributed by atoms with Crippen LogP contribution in [0, 0.1) is 0 Å². The average molecular weight is 341 g/mol. The molecule has 0 radical (unpaired) electrons. The monoisotopic (exact) mass is 341 g/mol. The van der Waals surface area contributed by atoms with E-state index in [2.05, 4.69) is 15.8 Å². The fourth-order valence-corrected chi connectivity index (χ4v) is 2.05. The lowest BCUT2D eigenvalue weighted by molar-refractivity contribution is -0.120. The summed E-state index contributed by atoms with van der Waals surface area (Å²) >= 11 is 0. The van der Waals surface area contributed by atoms with Gasteiger partial charge in [0.15, 0.2) is 0 Å². The highest BCUT2D eigenvalue weighted by molar-refractivity contribution is 6.01. The fraction of sp³-hybridized carbons (Fsp3) is 0.167. The van der Waals surface area contributed by atoms with E-state index in [0.29, 0.717) is 12.3 Å². The Bertz CT molecular complexity index is 788. The number of hydrogen-bond acceptors (Lipinski definition) is 5. The zero-order valence-electron chi connectivity index (χ0n) is 13.7. The lowest BCUT2D eigenvalue weighted by Gasteiger charge is -2.06. The molecule has 25 heavy (non-hydrogen) atoms. The smallest absolute Gasteiger partial charge is 0.275 e. The number of phenols is 2. The highest BCUT2D eigenvalue weighted by Crippen LogP contribution is 2.22. The van der Waals surface area contributed by atoms with Crippen LogP contribution in [-0.2, 0) is 11.3 Å². The summed E-state index contributed by atoms with van der Waals surface area (Å²) in [4.78, 5) is 23.8. The van der Waals surface area contributed by atoms with Gasteiger partial charge < -0.3 is 15.5 Å². The highest BCUT2D eigenvalue weighted by atomic mass is 16.3. The first-order valence-corrected chi connectivity index (χ1v) is 7.62. The number of amides is 2. The summed E-state index contributed by atoms with van der Waals surface area (Å²) in [6.45, 7) is 2.03. The molecule has 2 amide bonds. The Balaban J connectivity index is 1.84. The molecule has 4 N–H and O–H groups in total. The van der Waals surface area contributed by atoms with Crippen molar-refractivity contribution in [2.24, 2.45) is 5.10 Å². The Morgan fingerprint density at radius 1 is 1.08 bits per heavy atom. The van der Waals surface area contributed by atoms with Crippen molar-refractivity contribution < 1.29 is 19.8 Å². The summed E-state index contributed by atoms with van der Waals surface area (Å²) in [6.07, 6.45) is 0.0364. The molecule has 2 aromatic rings. The standard InChI is InChI=1S/C18H19N3O4/c1-12(9-17(24)19-11-13-5-3-2-4-6-13)20-21-18(25)15-8-7-14(22)10-16(15)23/h2-8,10,22-23H,9,11H2,1H3,(H,19,24)(H,21,25)/b20-12+. The van der Waals surface area contributed by atoms with E-state index in [9.17, 15) is 19.8 Å². The van der Waals surface area contributed by atoms with Gasteiger partial charge in [0.05, 0.1) is 12.0 Å².